The molecule has 0 unspecified atom stereocenters. The number of rotatable bonds is 2. The molecule has 1 aromatic carbocycles. The Hall–Kier alpha value is -3.03. The van der Waals surface area contributed by atoms with Crippen LogP contribution in [0, 0.1) is 0 Å². The van der Waals surface area contributed by atoms with Crippen molar-refractivity contribution < 1.29 is 19.7 Å². The van der Waals surface area contributed by atoms with Crippen molar-refractivity contribution in [2.45, 2.75) is 31.6 Å². The van der Waals surface area contributed by atoms with E-state index < -0.39 is 17.6 Å². The third-order valence-electron chi connectivity index (χ3n) is 5.82. The summed E-state index contributed by atoms with van der Waals surface area (Å²) in [6.45, 7) is 1.20. The molecule has 7 nitrogen and oxygen atoms in total. The number of para-hydroxylation sites is 1. The Balaban J connectivity index is 1.86. The second-order valence-corrected chi connectivity index (χ2v) is 7.20. The zero-order valence-corrected chi connectivity index (χ0v) is 15.2. The van der Waals surface area contributed by atoms with Crippen LogP contribution in [0.25, 0.3) is 22.3 Å². The smallest absolute Gasteiger partial charge is 0.343 e. The zero-order valence-electron chi connectivity index (χ0n) is 15.2. The number of cyclic esters (lactones) is 1. The summed E-state index contributed by atoms with van der Waals surface area (Å²) in [7, 11) is 0. The average Bonchev–Trinajstić information content (AvgIpc) is 3.02. The lowest BCUT2D eigenvalue weighted by Gasteiger charge is -2.32. The molecule has 0 radical (unpaired) electrons. The van der Waals surface area contributed by atoms with Crippen LogP contribution < -0.4 is 5.56 Å². The third-order valence-corrected chi connectivity index (χ3v) is 5.82. The number of benzene rings is 1. The summed E-state index contributed by atoms with van der Waals surface area (Å²) in [5, 5.41) is 21.8. The van der Waals surface area contributed by atoms with E-state index in [0.29, 0.717) is 11.4 Å². The summed E-state index contributed by atoms with van der Waals surface area (Å²) < 4.78 is 6.57. The predicted octanol–water partition coefficient (Wildman–Crippen LogP) is 1.61. The first-order chi connectivity index (χ1) is 13.5. The van der Waals surface area contributed by atoms with Gasteiger partial charge >= 0.3 is 5.97 Å². The van der Waals surface area contributed by atoms with Crippen molar-refractivity contribution in [1.82, 2.24) is 9.55 Å². The standard InChI is InChI=1S/C21H18N2O5/c1-2-21(27)14-8-16-18-12(7-11-5-3-4-6-15(11)22-18)17(9-24)23(16)19(25)13(14)10-28-20(21)26/h3-8,17,24,27H,2,9-10H2,1H3/t17-,21+/m1/s1. The Labute approximate surface area is 159 Å². The number of aromatic nitrogens is 2. The molecule has 28 heavy (non-hydrogen) atoms. The lowest BCUT2D eigenvalue weighted by molar-refractivity contribution is -0.172. The Bertz CT molecular complexity index is 1220. The number of nitrogens with zero attached hydrogens (tertiary/aromatic N) is 2. The van der Waals surface area contributed by atoms with E-state index in [4.69, 9.17) is 9.72 Å². The van der Waals surface area contributed by atoms with Crippen molar-refractivity contribution in [3.8, 4) is 11.4 Å². The van der Waals surface area contributed by atoms with Gasteiger partial charge < -0.3 is 14.9 Å². The van der Waals surface area contributed by atoms with Gasteiger partial charge in [-0.25, -0.2) is 9.78 Å². The number of aliphatic hydroxyl groups is 2. The molecule has 2 atom stereocenters. The monoisotopic (exact) mass is 378 g/mol. The van der Waals surface area contributed by atoms with Crippen molar-refractivity contribution in [2.75, 3.05) is 6.61 Å². The van der Waals surface area contributed by atoms with Crippen LogP contribution in [0.5, 0.6) is 0 Å². The number of carbonyl (C=O) groups excluding carboxylic acids is 1. The highest BCUT2D eigenvalue weighted by atomic mass is 16.6. The van der Waals surface area contributed by atoms with Crippen molar-refractivity contribution >= 4 is 16.9 Å². The topological polar surface area (TPSA) is 102 Å². The van der Waals surface area contributed by atoms with E-state index in [1.54, 1.807) is 13.0 Å². The van der Waals surface area contributed by atoms with Gasteiger partial charge in [-0.3, -0.25) is 9.36 Å². The largest absolute Gasteiger partial charge is 0.458 e. The highest BCUT2D eigenvalue weighted by Crippen LogP contribution is 2.42. The van der Waals surface area contributed by atoms with E-state index in [1.165, 1.54) is 4.57 Å². The molecule has 2 aliphatic rings. The predicted molar refractivity (Wildman–Crippen MR) is 101 cm³/mol. The molecule has 5 rings (SSSR count). The summed E-state index contributed by atoms with van der Waals surface area (Å²) >= 11 is 0. The molecule has 3 aromatic rings. The molecule has 7 heteroatoms. The number of aliphatic hydroxyl groups excluding tert-OH is 1. The number of pyridine rings is 2. The Morgan fingerprint density at radius 3 is 2.82 bits per heavy atom. The Morgan fingerprint density at radius 1 is 1.29 bits per heavy atom. The molecule has 0 fully saturated rings. The van der Waals surface area contributed by atoms with Crippen molar-refractivity contribution in [2.24, 2.45) is 0 Å². The lowest BCUT2D eigenvalue weighted by atomic mass is 9.86. The molecule has 0 spiro atoms. The first-order valence-corrected chi connectivity index (χ1v) is 9.19. The molecule has 0 amide bonds. The number of hydrogen-bond acceptors (Lipinski definition) is 6. The zero-order chi connectivity index (χ0) is 19.6. The molecule has 142 valence electrons. The molecular formula is C21H18N2O5. The molecule has 0 bridgehead atoms. The number of esters is 1. The van der Waals surface area contributed by atoms with Gasteiger partial charge in [0.15, 0.2) is 5.60 Å². The van der Waals surface area contributed by atoms with Crippen LogP contribution in [-0.2, 0) is 21.7 Å². The minimum absolute atomic E-state index is 0.0865. The minimum atomic E-state index is -1.86. The highest BCUT2D eigenvalue weighted by molar-refractivity contribution is 5.86. The van der Waals surface area contributed by atoms with E-state index in [2.05, 4.69) is 0 Å². The van der Waals surface area contributed by atoms with E-state index >= 15 is 0 Å². The van der Waals surface area contributed by atoms with Crippen molar-refractivity contribution in [3.63, 3.8) is 0 Å². The summed E-state index contributed by atoms with van der Waals surface area (Å²) in [5.41, 5.74) is 0.838. The Morgan fingerprint density at radius 2 is 2.07 bits per heavy atom. The van der Waals surface area contributed by atoms with Gasteiger partial charge in [0.05, 0.1) is 35.1 Å². The van der Waals surface area contributed by atoms with Crippen LogP contribution in [0.3, 0.4) is 0 Å². The van der Waals surface area contributed by atoms with Crippen LogP contribution in [0.2, 0.25) is 0 Å². The molecular weight excluding hydrogens is 360 g/mol. The highest BCUT2D eigenvalue weighted by Gasteiger charge is 2.46. The van der Waals surface area contributed by atoms with E-state index in [0.717, 1.165) is 16.5 Å². The van der Waals surface area contributed by atoms with Crippen LogP contribution in [0.15, 0.2) is 41.2 Å². The number of fused-ring (bicyclic) bond motifs is 5. The lowest BCUT2D eigenvalue weighted by Crippen LogP contribution is -2.44. The molecule has 4 heterocycles. The average molecular weight is 378 g/mol. The molecule has 2 aliphatic heterocycles. The first-order valence-electron chi connectivity index (χ1n) is 9.19. The van der Waals surface area contributed by atoms with Crippen molar-refractivity contribution in [3.05, 3.63) is 63.4 Å². The van der Waals surface area contributed by atoms with Crippen LogP contribution in [-0.4, -0.2) is 32.3 Å². The molecule has 2 aromatic heterocycles. The normalized spacial score (nSPS) is 22.5. The maximum absolute atomic E-state index is 13.3. The van der Waals surface area contributed by atoms with Gasteiger partial charge in [0.1, 0.15) is 6.61 Å². The Kier molecular flexibility index (Phi) is 3.50. The van der Waals surface area contributed by atoms with Crippen LogP contribution >= 0.6 is 0 Å². The van der Waals surface area contributed by atoms with Gasteiger partial charge in [-0.2, -0.15) is 0 Å². The van der Waals surface area contributed by atoms with Gasteiger partial charge in [0.25, 0.3) is 5.56 Å². The number of ether oxygens (including phenoxy) is 1. The summed E-state index contributed by atoms with van der Waals surface area (Å²) in [5.74, 6) is -0.754. The second kappa shape index (κ2) is 5.73. The van der Waals surface area contributed by atoms with E-state index in [1.807, 2.05) is 30.3 Å². The van der Waals surface area contributed by atoms with Gasteiger partial charge in [0.2, 0.25) is 0 Å². The SMILES string of the molecule is CC[C@@]1(O)C(=O)OCc2c1cc1n(c2=O)[C@H](CO)c2cc3ccccc3nc2-1. The maximum atomic E-state index is 13.3. The van der Waals surface area contributed by atoms with Crippen molar-refractivity contribution in [1.29, 1.82) is 0 Å². The summed E-state index contributed by atoms with van der Waals surface area (Å²) in [4.78, 5) is 30.2. The van der Waals surface area contributed by atoms with Crippen LogP contribution in [0.1, 0.15) is 36.1 Å². The molecule has 0 saturated carbocycles. The van der Waals surface area contributed by atoms with Gasteiger partial charge in [-0.1, -0.05) is 25.1 Å². The second-order valence-electron chi connectivity index (χ2n) is 7.20. The fraction of sp³-hybridized carbons (Fsp3) is 0.286. The van der Waals surface area contributed by atoms with Crippen LogP contribution in [0.4, 0.5) is 0 Å². The van der Waals surface area contributed by atoms with Gasteiger partial charge in [-0.15, -0.1) is 0 Å². The fourth-order valence-electron chi connectivity index (χ4n) is 4.28. The third kappa shape index (κ3) is 2.03. The maximum Gasteiger partial charge on any atom is 0.343 e. The molecule has 2 N–H and O–H groups in total. The van der Waals surface area contributed by atoms with Gasteiger partial charge in [0, 0.05) is 16.5 Å². The summed E-state index contributed by atoms with van der Waals surface area (Å²) in [6, 6.07) is 10.6. The fourth-order valence-corrected chi connectivity index (χ4v) is 4.28. The minimum Gasteiger partial charge on any atom is -0.458 e. The number of carbonyl (C=O) groups is 1. The van der Waals surface area contributed by atoms with Gasteiger partial charge in [-0.05, 0) is 24.6 Å². The first kappa shape index (κ1) is 17.1. The molecule has 0 aliphatic carbocycles. The van der Waals surface area contributed by atoms with E-state index in [-0.39, 0.29) is 36.3 Å². The molecule has 0 saturated heterocycles. The number of hydrogen-bond donors (Lipinski definition) is 2. The summed E-state index contributed by atoms with van der Waals surface area (Å²) in [6.07, 6.45) is 0.0865. The van der Waals surface area contributed by atoms with E-state index in [9.17, 15) is 19.8 Å². The quantitative estimate of drug-likeness (QED) is 0.657.